The second-order valence-electron chi connectivity index (χ2n) is 3.19. The molecule has 0 spiro atoms. The van der Waals surface area contributed by atoms with Gasteiger partial charge in [-0.3, -0.25) is 0 Å². The molecule has 1 fully saturated rings. The van der Waals surface area contributed by atoms with Crippen molar-refractivity contribution in [2.75, 3.05) is 19.7 Å². The Morgan fingerprint density at radius 2 is 2.21 bits per heavy atom. The van der Waals surface area contributed by atoms with Crippen LogP contribution in [0.2, 0.25) is 0 Å². The Kier molecular flexibility index (Phi) is 5.00. The number of esters is 1. The molecule has 1 aliphatic rings. The normalized spacial score (nSPS) is 17.1. The summed E-state index contributed by atoms with van der Waals surface area (Å²) in [6.45, 7) is 4.32. The standard InChI is InChI=1S/C11H17NO2/c1-2-14-11(13)5-3-4-10-6-8-12-9-7-10/h3-5,12H,2,6-9H2,1H3/b5-3+. The van der Waals surface area contributed by atoms with Crippen molar-refractivity contribution in [3.05, 3.63) is 23.8 Å². The van der Waals surface area contributed by atoms with Crippen molar-refractivity contribution in [1.29, 1.82) is 0 Å². The highest BCUT2D eigenvalue weighted by Crippen LogP contribution is 2.09. The van der Waals surface area contributed by atoms with Gasteiger partial charge in [-0.25, -0.2) is 4.79 Å². The summed E-state index contributed by atoms with van der Waals surface area (Å²) in [4.78, 5) is 10.9. The molecule has 3 nitrogen and oxygen atoms in total. The van der Waals surface area contributed by atoms with Crippen LogP contribution in [0, 0.1) is 0 Å². The van der Waals surface area contributed by atoms with Crippen LogP contribution in [0.1, 0.15) is 19.8 Å². The molecule has 1 saturated heterocycles. The summed E-state index contributed by atoms with van der Waals surface area (Å²) >= 11 is 0. The van der Waals surface area contributed by atoms with Crippen molar-refractivity contribution in [3.63, 3.8) is 0 Å². The Balaban J connectivity index is 2.32. The maximum Gasteiger partial charge on any atom is 0.330 e. The zero-order chi connectivity index (χ0) is 10.2. The van der Waals surface area contributed by atoms with E-state index in [-0.39, 0.29) is 5.97 Å². The van der Waals surface area contributed by atoms with E-state index in [1.54, 1.807) is 13.0 Å². The fourth-order valence-corrected chi connectivity index (χ4v) is 1.37. The smallest absolute Gasteiger partial charge is 0.330 e. The predicted octanol–water partition coefficient (Wildman–Crippen LogP) is 1.42. The van der Waals surface area contributed by atoms with Gasteiger partial charge in [0.05, 0.1) is 6.61 Å². The third kappa shape index (κ3) is 4.23. The van der Waals surface area contributed by atoms with Crippen LogP contribution in [0.3, 0.4) is 0 Å². The van der Waals surface area contributed by atoms with Crippen LogP contribution in [-0.2, 0) is 9.53 Å². The second kappa shape index (κ2) is 6.38. The summed E-state index contributed by atoms with van der Waals surface area (Å²) in [6, 6.07) is 0. The van der Waals surface area contributed by atoms with Gasteiger partial charge in [-0.15, -0.1) is 0 Å². The molecule has 1 heterocycles. The first-order chi connectivity index (χ1) is 6.83. The minimum atomic E-state index is -0.265. The van der Waals surface area contributed by atoms with Gasteiger partial charge in [-0.2, -0.15) is 0 Å². The van der Waals surface area contributed by atoms with E-state index in [2.05, 4.69) is 5.32 Å². The van der Waals surface area contributed by atoms with Gasteiger partial charge in [-0.1, -0.05) is 17.7 Å². The number of carbonyl (C=O) groups is 1. The highest BCUT2D eigenvalue weighted by atomic mass is 16.5. The van der Waals surface area contributed by atoms with Gasteiger partial charge >= 0.3 is 5.97 Å². The van der Waals surface area contributed by atoms with Gasteiger partial charge in [0.1, 0.15) is 0 Å². The maximum absolute atomic E-state index is 10.9. The van der Waals surface area contributed by atoms with E-state index in [1.165, 1.54) is 11.6 Å². The van der Waals surface area contributed by atoms with Gasteiger partial charge in [0.2, 0.25) is 0 Å². The summed E-state index contributed by atoms with van der Waals surface area (Å²) in [5.41, 5.74) is 1.39. The third-order valence-electron chi connectivity index (χ3n) is 2.10. The third-order valence-corrected chi connectivity index (χ3v) is 2.10. The lowest BCUT2D eigenvalue weighted by molar-refractivity contribution is -0.137. The molecule has 0 aromatic heterocycles. The van der Waals surface area contributed by atoms with Crippen molar-refractivity contribution in [3.8, 4) is 0 Å². The van der Waals surface area contributed by atoms with E-state index < -0.39 is 0 Å². The van der Waals surface area contributed by atoms with Crippen LogP contribution in [0.15, 0.2) is 23.8 Å². The summed E-state index contributed by atoms with van der Waals surface area (Å²) in [6.07, 6.45) is 7.41. The summed E-state index contributed by atoms with van der Waals surface area (Å²) in [5, 5.41) is 3.28. The van der Waals surface area contributed by atoms with Gasteiger partial charge < -0.3 is 10.1 Å². The van der Waals surface area contributed by atoms with Crippen LogP contribution in [0.25, 0.3) is 0 Å². The molecule has 0 bridgehead atoms. The van der Waals surface area contributed by atoms with Gasteiger partial charge in [0.15, 0.2) is 0 Å². The van der Waals surface area contributed by atoms with E-state index in [0.717, 1.165) is 25.9 Å². The summed E-state index contributed by atoms with van der Waals surface area (Å²) in [5.74, 6) is -0.265. The molecule has 0 aliphatic carbocycles. The van der Waals surface area contributed by atoms with Gasteiger partial charge in [0.25, 0.3) is 0 Å². The molecule has 0 aromatic carbocycles. The molecular weight excluding hydrogens is 178 g/mol. The molecule has 1 aliphatic heterocycles. The quantitative estimate of drug-likeness (QED) is 0.546. The Morgan fingerprint density at radius 1 is 1.50 bits per heavy atom. The highest BCUT2D eigenvalue weighted by molar-refractivity contribution is 5.82. The number of hydrogen-bond donors (Lipinski definition) is 1. The number of carbonyl (C=O) groups excluding carboxylic acids is 1. The molecule has 0 aromatic rings. The number of hydrogen-bond acceptors (Lipinski definition) is 3. The second-order valence-corrected chi connectivity index (χ2v) is 3.19. The summed E-state index contributed by atoms with van der Waals surface area (Å²) in [7, 11) is 0. The first-order valence-corrected chi connectivity index (χ1v) is 5.06. The molecular formula is C11H17NO2. The first-order valence-electron chi connectivity index (χ1n) is 5.06. The SMILES string of the molecule is CCOC(=O)/C=C/C=C1CCNCC1. The lowest BCUT2D eigenvalue weighted by Crippen LogP contribution is -2.22. The predicted molar refractivity (Wildman–Crippen MR) is 56.0 cm³/mol. The van der Waals surface area contributed by atoms with Crippen LogP contribution < -0.4 is 5.32 Å². The van der Waals surface area contributed by atoms with E-state index in [0.29, 0.717) is 6.61 Å². The molecule has 0 saturated carbocycles. The van der Waals surface area contributed by atoms with Crippen LogP contribution >= 0.6 is 0 Å². The Morgan fingerprint density at radius 3 is 2.86 bits per heavy atom. The Hall–Kier alpha value is -1.09. The van der Waals surface area contributed by atoms with Crippen molar-refractivity contribution >= 4 is 5.97 Å². The number of piperidine rings is 1. The molecule has 0 unspecified atom stereocenters. The van der Waals surface area contributed by atoms with E-state index in [4.69, 9.17) is 4.74 Å². The molecule has 14 heavy (non-hydrogen) atoms. The monoisotopic (exact) mass is 195 g/mol. The average molecular weight is 195 g/mol. The van der Waals surface area contributed by atoms with E-state index in [9.17, 15) is 4.79 Å². The lowest BCUT2D eigenvalue weighted by Gasteiger charge is -2.14. The molecule has 1 N–H and O–H groups in total. The number of allylic oxidation sites excluding steroid dienone is 2. The van der Waals surface area contributed by atoms with Crippen molar-refractivity contribution in [1.82, 2.24) is 5.32 Å². The molecule has 0 radical (unpaired) electrons. The largest absolute Gasteiger partial charge is 0.463 e. The Bertz CT molecular complexity index is 236. The number of ether oxygens (including phenoxy) is 1. The van der Waals surface area contributed by atoms with Gasteiger partial charge in [-0.05, 0) is 32.9 Å². The van der Waals surface area contributed by atoms with Crippen LogP contribution in [0.5, 0.6) is 0 Å². The van der Waals surface area contributed by atoms with Crippen LogP contribution in [0.4, 0.5) is 0 Å². The molecule has 1 rings (SSSR count). The topological polar surface area (TPSA) is 38.3 Å². The van der Waals surface area contributed by atoms with E-state index in [1.807, 2.05) is 6.08 Å². The zero-order valence-corrected chi connectivity index (χ0v) is 8.58. The number of nitrogens with one attached hydrogen (secondary N) is 1. The average Bonchev–Trinajstić information content (AvgIpc) is 2.20. The molecule has 78 valence electrons. The van der Waals surface area contributed by atoms with Crippen LogP contribution in [-0.4, -0.2) is 25.7 Å². The molecule has 0 atom stereocenters. The lowest BCUT2D eigenvalue weighted by atomic mass is 10.1. The zero-order valence-electron chi connectivity index (χ0n) is 8.58. The molecule has 0 amide bonds. The maximum atomic E-state index is 10.9. The minimum Gasteiger partial charge on any atom is -0.463 e. The van der Waals surface area contributed by atoms with Crippen molar-refractivity contribution < 1.29 is 9.53 Å². The summed E-state index contributed by atoms with van der Waals surface area (Å²) < 4.78 is 4.76. The molecule has 3 heteroatoms. The van der Waals surface area contributed by atoms with Gasteiger partial charge in [0, 0.05) is 6.08 Å². The fourth-order valence-electron chi connectivity index (χ4n) is 1.37. The van der Waals surface area contributed by atoms with E-state index >= 15 is 0 Å². The highest BCUT2D eigenvalue weighted by Gasteiger charge is 2.02. The number of rotatable bonds is 3. The first kappa shape index (κ1) is 11.0. The fraction of sp³-hybridized carbons (Fsp3) is 0.545. The minimum absolute atomic E-state index is 0.265. The van der Waals surface area contributed by atoms with Crippen molar-refractivity contribution in [2.45, 2.75) is 19.8 Å². The van der Waals surface area contributed by atoms with Crippen molar-refractivity contribution in [2.24, 2.45) is 0 Å². The Labute approximate surface area is 84.8 Å².